The van der Waals surface area contributed by atoms with Crippen molar-refractivity contribution in [3.63, 3.8) is 0 Å². The Bertz CT molecular complexity index is 456. The van der Waals surface area contributed by atoms with Crippen LogP contribution in [0.5, 0.6) is 5.75 Å². The van der Waals surface area contributed by atoms with Crippen molar-refractivity contribution in [3.8, 4) is 17.1 Å². The highest BCUT2D eigenvalue weighted by Crippen LogP contribution is 2.19. The zero-order valence-electron chi connectivity index (χ0n) is 8.14. The zero-order valence-corrected chi connectivity index (χ0v) is 8.90. The smallest absolute Gasteiger partial charge is 0.159 e. The molecular weight excluding hydrogens is 212 g/mol. The maximum Gasteiger partial charge on any atom is 0.159 e. The maximum atomic E-state index is 5.87. The van der Waals surface area contributed by atoms with Crippen LogP contribution < -0.4 is 4.74 Å². The van der Waals surface area contributed by atoms with Gasteiger partial charge in [0.2, 0.25) is 0 Å². The standard InChI is InChI=1S/C11H9ClN2O/c1-15-10-6-13-11(14-7-10)8-3-2-4-9(12)5-8/h2-7H,1H3. The van der Waals surface area contributed by atoms with E-state index >= 15 is 0 Å². The molecule has 1 aromatic carbocycles. The Morgan fingerprint density at radius 1 is 1.20 bits per heavy atom. The molecule has 0 amide bonds. The van der Waals surface area contributed by atoms with Crippen molar-refractivity contribution in [1.29, 1.82) is 0 Å². The molecule has 1 heterocycles. The number of ether oxygens (including phenoxy) is 1. The van der Waals surface area contributed by atoms with Gasteiger partial charge in [0.1, 0.15) is 0 Å². The SMILES string of the molecule is COc1cnc(-c2cccc(Cl)c2)nc1. The molecule has 4 heteroatoms. The van der Waals surface area contributed by atoms with E-state index in [0.717, 1.165) is 5.56 Å². The van der Waals surface area contributed by atoms with Crippen LogP contribution in [0.1, 0.15) is 0 Å². The lowest BCUT2D eigenvalue weighted by atomic mass is 10.2. The number of nitrogens with zero attached hydrogens (tertiary/aromatic N) is 2. The van der Waals surface area contributed by atoms with E-state index in [1.54, 1.807) is 19.5 Å². The molecule has 0 bridgehead atoms. The van der Waals surface area contributed by atoms with Gasteiger partial charge in [-0.2, -0.15) is 0 Å². The molecule has 0 unspecified atom stereocenters. The summed E-state index contributed by atoms with van der Waals surface area (Å²) >= 11 is 5.87. The van der Waals surface area contributed by atoms with Gasteiger partial charge in [-0.3, -0.25) is 0 Å². The molecule has 2 aromatic rings. The van der Waals surface area contributed by atoms with Crippen LogP contribution in [0.15, 0.2) is 36.7 Å². The molecule has 0 fully saturated rings. The number of methoxy groups -OCH3 is 1. The second kappa shape index (κ2) is 4.28. The summed E-state index contributed by atoms with van der Waals surface area (Å²) in [6.07, 6.45) is 3.26. The number of rotatable bonds is 2. The molecule has 0 aliphatic heterocycles. The Labute approximate surface area is 92.7 Å². The van der Waals surface area contributed by atoms with Gasteiger partial charge in [-0.15, -0.1) is 0 Å². The summed E-state index contributed by atoms with van der Waals surface area (Å²) in [6.45, 7) is 0. The monoisotopic (exact) mass is 220 g/mol. The van der Waals surface area contributed by atoms with E-state index in [-0.39, 0.29) is 0 Å². The van der Waals surface area contributed by atoms with E-state index in [1.165, 1.54) is 0 Å². The fraction of sp³-hybridized carbons (Fsp3) is 0.0909. The van der Waals surface area contributed by atoms with Gasteiger partial charge in [-0.1, -0.05) is 23.7 Å². The number of halogens is 1. The summed E-state index contributed by atoms with van der Waals surface area (Å²) in [5.41, 5.74) is 0.894. The summed E-state index contributed by atoms with van der Waals surface area (Å²) in [7, 11) is 1.58. The van der Waals surface area contributed by atoms with Crippen molar-refractivity contribution in [2.45, 2.75) is 0 Å². The molecule has 15 heavy (non-hydrogen) atoms. The predicted octanol–water partition coefficient (Wildman–Crippen LogP) is 2.81. The summed E-state index contributed by atoms with van der Waals surface area (Å²) in [4.78, 5) is 8.33. The Kier molecular flexibility index (Phi) is 2.83. The van der Waals surface area contributed by atoms with E-state index < -0.39 is 0 Å². The quantitative estimate of drug-likeness (QED) is 0.781. The Hall–Kier alpha value is -1.61. The van der Waals surface area contributed by atoms with Crippen molar-refractivity contribution in [2.75, 3.05) is 7.11 Å². The number of benzene rings is 1. The lowest BCUT2D eigenvalue weighted by molar-refractivity contribution is 0.411. The summed E-state index contributed by atoms with van der Waals surface area (Å²) in [5.74, 6) is 1.28. The summed E-state index contributed by atoms with van der Waals surface area (Å²) < 4.78 is 4.98. The zero-order chi connectivity index (χ0) is 10.7. The van der Waals surface area contributed by atoms with Gasteiger partial charge in [-0.05, 0) is 12.1 Å². The van der Waals surface area contributed by atoms with Gasteiger partial charge in [0.25, 0.3) is 0 Å². The van der Waals surface area contributed by atoms with Gasteiger partial charge in [0, 0.05) is 10.6 Å². The van der Waals surface area contributed by atoms with Crippen molar-refractivity contribution in [2.24, 2.45) is 0 Å². The molecule has 0 saturated heterocycles. The lowest BCUT2D eigenvalue weighted by Crippen LogP contribution is -1.90. The maximum absolute atomic E-state index is 5.87. The van der Waals surface area contributed by atoms with Crippen LogP contribution in [-0.4, -0.2) is 17.1 Å². The van der Waals surface area contributed by atoms with E-state index in [4.69, 9.17) is 16.3 Å². The predicted molar refractivity (Wildman–Crippen MR) is 59.0 cm³/mol. The second-order valence-corrected chi connectivity index (χ2v) is 3.39. The first-order valence-electron chi connectivity index (χ1n) is 4.41. The molecule has 3 nitrogen and oxygen atoms in total. The topological polar surface area (TPSA) is 35.0 Å². The summed E-state index contributed by atoms with van der Waals surface area (Å²) in [5, 5.41) is 0.673. The van der Waals surface area contributed by atoms with Crippen LogP contribution in [0.2, 0.25) is 5.02 Å². The van der Waals surface area contributed by atoms with E-state index in [0.29, 0.717) is 16.6 Å². The molecule has 76 valence electrons. The van der Waals surface area contributed by atoms with Crippen molar-refractivity contribution >= 4 is 11.6 Å². The number of hydrogen-bond donors (Lipinski definition) is 0. The first kappa shape index (κ1) is 9.93. The van der Waals surface area contributed by atoms with Crippen molar-refractivity contribution in [1.82, 2.24) is 9.97 Å². The molecule has 2 rings (SSSR count). The first-order valence-corrected chi connectivity index (χ1v) is 4.79. The number of hydrogen-bond acceptors (Lipinski definition) is 3. The van der Waals surface area contributed by atoms with Crippen LogP contribution >= 0.6 is 11.6 Å². The molecule has 0 aliphatic rings. The molecule has 0 aliphatic carbocycles. The highest BCUT2D eigenvalue weighted by molar-refractivity contribution is 6.30. The molecule has 0 saturated carbocycles. The van der Waals surface area contributed by atoms with Crippen molar-refractivity contribution < 1.29 is 4.74 Å². The Morgan fingerprint density at radius 2 is 1.93 bits per heavy atom. The van der Waals surface area contributed by atoms with E-state index in [1.807, 2.05) is 24.3 Å². The van der Waals surface area contributed by atoms with Crippen LogP contribution in [0.4, 0.5) is 0 Å². The van der Waals surface area contributed by atoms with E-state index in [2.05, 4.69) is 9.97 Å². The van der Waals surface area contributed by atoms with E-state index in [9.17, 15) is 0 Å². The van der Waals surface area contributed by atoms with Crippen molar-refractivity contribution in [3.05, 3.63) is 41.7 Å². The first-order chi connectivity index (χ1) is 7.29. The van der Waals surface area contributed by atoms with Gasteiger partial charge in [-0.25, -0.2) is 9.97 Å². The molecule has 0 radical (unpaired) electrons. The summed E-state index contributed by atoms with van der Waals surface area (Å²) in [6, 6.07) is 7.41. The third-order valence-corrected chi connectivity index (χ3v) is 2.18. The van der Waals surface area contributed by atoms with Crippen LogP contribution in [-0.2, 0) is 0 Å². The van der Waals surface area contributed by atoms with Crippen LogP contribution in [0.25, 0.3) is 11.4 Å². The van der Waals surface area contributed by atoms with Gasteiger partial charge in [0.05, 0.1) is 19.5 Å². The molecule has 0 spiro atoms. The second-order valence-electron chi connectivity index (χ2n) is 2.96. The van der Waals surface area contributed by atoms with Crippen LogP contribution in [0, 0.1) is 0 Å². The molecular formula is C11H9ClN2O. The third-order valence-electron chi connectivity index (χ3n) is 1.95. The minimum atomic E-state index is 0.637. The fourth-order valence-electron chi connectivity index (χ4n) is 1.20. The lowest BCUT2D eigenvalue weighted by Gasteiger charge is -2.01. The van der Waals surface area contributed by atoms with Gasteiger partial charge >= 0.3 is 0 Å². The van der Waals surface area contributed by atoms with Crippen LogP contribution in [0.3, 0.4) is 0 Å². The normalized spacial score (nSPS) is 10.0. The average molecular weight is 221 g/mol. The molecule has 0 atom stereocenters. The minimum absolute atomic E-state index is 0.637. The fourth-order valence-corrected chi connectivity index (χ4v) is 1.39. The number of aromatic nitrogens is 2. The highest BCUT2D eigenvalue weighted by Gasteiger charge is 2.01. The van der Waals surface area contributed by atoms with Gasteiger partial charge < -0.3 is 4.74 Å². The minimum Gasteiger partial charge on any atom is -0.494 e. The Balaban J connectivity index is 2.37. The Morgan fingerprint density at radius 3 is 2.53 bits per heavy atom. The average Bonchev–Trinajstić information content (AvgIpc) is 2.29. The third kappa shape index (κ3) is 2.25. The molecule has 0 N–H and O–H groups in total. The largest absolute Gasteiger partial charge is 0.494 e. The molecule has 1 aromatic heterocycles. The highest BCUT2D eigenvalue weighted by atomic mass is 35.5. The van der Waals surface area contributed by atoms with Gasteiger partial charge in [0.15, 0.2) is 11.6 Å².